The van der Waals surface area contributed by atoms with Crippen molar-refractivity contribution in [3.63, 3.8) is 0 Å². The third kappa shape index (κ3) is 5.90. The van der Waals surface area contributed by atoms with Crippen molar-refractivity contribution in [2.24, 2.45) is 0 Å². The minimum atomic E-state index is 0.102. The molecule has 0 saturated carbocycles. The molecule has 4 atom stereocenters. The van der Waals surface area contributed by atoms with Crippen LogP contribution < -0.4 is 9.47 Å². The van der Waals surface area contributed by atoms with E-state index in [0.717, 1.165) is 38.1 Å². The van der Waals surface area contributed by atoms with Gasteiger partial charge < -0.3 is 14.4 Å². The monoisotopic (exact) mass is 536 g/mol. The molecular weight excluding hydrogens is 492 g/mol. The number of hydrogen-bond donors (Lipinski definition) is 0. The van der Waals surface area contributed by atoms with Crippen molar-refractivity contribution in [3.05, 3.63) is 47.8 Å². The standard InChI is InChI=1S/C15H21N3O2.C15H23N3O/c1-10(2)17-8-12-6-13(9-17)18(12)15(19)11-4-5-14(20-3)16-7-11;1-11(2)17-9-13-6-14(10-17)18(13)8-12-4-5-15(19-3)16-7-12/h4-5,7,10,12-13H,6,8-9H2,1-3H3;4-5,7,11,13-14H,6,8-10H2,1-3H3. The predicted octanol–water partition coefficient (Wildman–Crippen LogP) is 3.15. The summed E-state index contributed by atoms with van der Waals surface area (Å²) in [6.07, 6.45) is 6.05. The molecule has 4 saturated heterocycles. The van der Waals surface area contributed by atoms with Crippen LogP contribution in [0.15, 0.2) is 36.7 Å². The number of ether oxygens (including phenoxy) is 2. The summed E-state index contributed by atoms with van der Waals surface area (Å²) in [4.78, 5) is 30.7. The maximum atomic E-state index is 12.5. The van der Waals surface area contributed by atoms with Crippen LogP contribution in [0.1, 0.15) is 56.5 Å². The van der Waals surface area contributed by atoms with Crippen LogP contribution in [-0.4, -0.2) is 112 Å². The van der Waals surface area contributed by atoms with E-state index in [2.05, 4.69) is 58.4 Å². The summed E-state index contributed by atoms with van der Waals surface area (Å²) >= 11 is 0. The quantitative estimate of drug-likeness (QED) is 0.535. The molecule has 9 heteroatoms. The molecule has 4 aliphatic heterocycles. The lowest BCUT2D eigenvalue weighted by Gasteiger charge is -2.57. The smallest absolute Gasteiger partial charge is 0.256 e. The third-order valence-corrected chi connectivity index (χ3v) is 8.85. The van der Waals surface area contributed by atoms with Crippen LogP contribution in [-0.2, 0) is 6.54 Å². The highest BCUT2D eigenvalue weighted by molar-refractivity contribution is 5.95. The van der Waals surface area contributed by atoms with Gasteiger partial charge in [0.25, 0.3) is 5.91 Å². The third-order valence-electron chi connectivity index (χ3n) is 8.85. The van der Waals surface area contributed by atoms with Gasteiger partial charge in [0.05, 0.1) is 19.8 Å². The lowest BCUT2D eigenvalue weighted by Crippen LogP contribution is -2.70. The zero-order chi connectivity index (χ0) is 27.7. The molecule has 4 bridgehead atoms. The molecule has 4 fully saturated rings. The first-order chi connectivity index (χ1) is 18.8. The largest absolute Gasteiger partial charge is 0.481 e. The molecule has 1 amide bonds. The number of methoxy groups -OCH3 is 2. The van der Waals surface area contributed by atoms with Gasteiger partial charge in [-0.3, -0.25) is 19.5 Å². The van der Waals surface area contributed by atoms with Gasteiger partial charge in [-0.15, -0.1) is 0 Å². The summed E-state index contributed by atoms with van der Waals surface area (Å²) in [5.41, 5.74) is 1.94. The van der Waals surface area contributed by atoms with Crippen LogP contribution in [0.25, 0.3) is 0 Å². The van der Waals surface area contributed by atoms with Crippen molar-refractivity contribution in [2.75, 3.05) is 40.4 Å². The first-order valence-electron chi connectivity index (χ1n) is 14.3. The fraction of sp³-hybridized carbons (Fsp3) is 0.633. The van der Waals surface area contributed by atoms with Gasteiger partial charge in [0.2, 0.25) is 11.8 Å². The molecule has 0 radical (unpaired) electrons. The maximum Gasteiger partial charge on any atom is 0.256 e. The van der Waals surface area contributed by atoms with E-state index in [1.807, 2.05) is 17.2 Å². The second kappa shape index (κ2) is 11.8. The zero-order valence-electron chi connectivity index (χ0n) is 24.3. The lowest BCUT2D eigenvalue weighted by molar-refractivity contribution is -0.0835. The number of hydrogen-bond acceptors (Lipinski definition) is 8. The number of likely N-dealkylation sites (tertiary alicyclic amines) is 4. The molecule has 6 rings (SSSR count). The van der Waals surface area contributed by atoms with Gasteiger partial charge in [-0.05, 0) is 52.2 Å². The van der Waals surface area contributed by atoms with Gasteiger partial charge in [0.1, 0.15) is 0 Å². The Bertz CT molecular complexity index is 1080. The van der Waals surface area contributed by atoms with E-state index in [-0.39, 0.29) is 5.91 Å². The summed E-state index contributed by atoms with van der Waals surface area (Å²) < 4.78 is 10.1. The Balaban J connectivity index is 0.000000158. The van der Waals surface area contributed by atoms with Crippen molar-refractivity contribution >= 4 is 5.91 Å². The summed E-state index contributed by atoms with van der Waals surface area (Å²) in [6, 6.07) is 11.1. The molecule has 2 aromatic heterocycles. The number of carbonyl (C=O) groups excluding carboxylic acids is 1. The van der Waals surface area contributed by atoms with Crippen molar-refractivity contribution in [2.45, 2.75) is 83.3 Å². The molecule has 9 nitrogen and oxygen atoms in total. The number of nitrogens with zero attached hydrogens (tertiary/aromatic N) is 6. The number of rotatable bonds is 7. The van der Waals surface area contributed by atoms with Gasteiger partial charge in [0, 0.05) is 93.5 Å². The fourth-order valence-electron chi connectivity index (χ4n) is 6.41. The van der Waals surface area contributed by atoms with E-state index in [0.29, 0.717) is 41.5 Å². The van der Waals surface area contributed by atoms with Crippen LogP contribution in [0.4, 0.5) is 0 Å². The van der Waals surface area contributed by atoms with E-state index in [9.17, 15) is 4.79 Å². The first-order valence-corrected chi connectivity index (χ1v) is 14.3. The van der Waals surface area contributed by atoms with Crippen LogP contribution in [0.3, 0.4) is 0 Å². The molecular formula is C30H44N6O3. The normalized spacial score (nSPS) is 26.4. The van der Waals surface area contributed by atoms with Gasteiger partial charge in [-0.1, -0.05) is 6.07 Å². The highest BCUT2D eigenvalue weighted by Crippen LogP contribution is 2.35. The van der Waals surface area contributed by atoms with Crippen molar-refractivity contribution in [3.8, 4) is 11.8 Å². The van der Waals surface area contributed by atoms with E-state index in [4.69, 9.17) is 9.47 Å². The van der Waals surface area contributed by atoms with Gasteiger partial charge in [-0.25, -0.2) is 9.97 Å². The Hall–Kier alpha value is -2.75. The average molecular weight is 537 g/mol. The van der Waals surface area contributed by atoms with E-state index < -0.39 is 0 Å². The minimum Gasteiger partial charge on any atom is -0.481 e. The Morgan fingerprint density at radius 3 is 1.77 bits per heavy atom. The summed E-state index contributed by atoms with van der Waals surface area (Å²) in [5, 5.41) is 0. The number of amides is 1. The summed E-state index contributed by atoms with van der Waals surface area (Å²) in [6.45, 7) is 14.5. The molecule has 39 heavy (non-hydrogen) atoms. The topological polar surface area (TPSA) is 74.3 Å². The van der Waals surface area contributed by atoms with Gasteiger partial charge in [0.15, 0.2) is 0 Å². The molecule has 0 aromatic carbocycles. The van der Waals surface area contributed by atoms with Gasteiger partial charge >= 0.3 is 0 Å². The highest BCUT2D eigenvalue weighted by Gasteiger charge is 2.48. The Labute approximate surface area is 233 Å². The van der Waals surface area contributed by atoms with Crippen LogP contribution >= 0.6 is 0 Å². The Kier molecular flexibility index (Phi) is 8.40. The minimum absolute atomic E-state index is 0.102. The molecule has 0 N–H and O–H groups in total. The second-order valence-corrected chi connectivity index (χ2v) is 11.9. The van der Waals surface area contributed by atoms with Crippen LogP contribution in [0, 0.1) is 0 Å². The molecule has 0 aliphatic carbocycles. The van der Waals surface area contributed by atoms with Crippen molar-refractivity contribution in [1.29, 1.82) is 0 Å². The number of piperidine rings is 2. The molecule has 4 aliphatic rings. The van der Waals surface area contributed by atoms with E-state index >= 15 is 0 Å². The average Bonchev–Trinajstić information content (AvgIpc) is 2.96. The van der Waals surface area contributed by atoms with Crippen molar-refractivity contribution < 1.29 is 14.3 Å². The van der Waals surface area contributed by atoms with E-state index in [1.165, 1.54) is 25.1 Å². The predicted molar refractivity (Wildman–Crippen MR) is 151 cm³/mol. The molecule has 4 unspecified atom stereocenters. The molecule has 2 aromatic rings. The number of fused-ring (bicyclic) bond motifs is 4. The van der Waals surface area contributed by atoms with Gasteiger partial charge in [-0.2, -0.15) is 0 Å². The SMILES string of the molecule is COc1ccc(C(=O)N2C3CC2CN(C(C)C)C3)cn1.COc1ccc(CN2C3CC2CN(C(C)C)C3)cn1. The Morgan fingerprint density at radius 1 is 0.795 bits per heavy atom. The molecule has 212 valence electrons. The number of aromatic nitrogens is 2. The summed E-state index contributed by atoms with van der Waals surface area (Å²) in [7, 11) is 3.23. The zero-order valence-corrected chi connectivity index (χ0v) is 24.3. The van der Waals surface area contributed by atoms with Crippen LogP contribution in [0.5, 0.6) is 11.8 Å². The fourth-order valence-corrected chi connectivity index (χ4v) is 6.41. The molecule has 0 spiro atoms. The summed E-state index contributed by atoms with van der Waals surface area (Å²) in [5.74, 6) is 1.33. The van der Waals surface area contributed by atoms with E-state index in [1.54, 1.807) is 32.5 Å². The number of piperazine rings is 2. The molecule has 6 heterocycles. The maximum absolute atomic E-state index is 12.5. The van der Waals surface area contributed by atoms with Crippen molar-refractivity contribution in [1.82, 2.24) is 29.6 Å². The lowest BCUT2D eigenvalue weighted by atomic mass is 9.86. The Morgan fingerprint density at radius 2 is 1.31 bits per heavy atom. The number of carbonyl (C=O) groups is 1. The number of pyridine rings is 2. The first kappa shape index (κ1) is 27.8. The highest BCUT2D eigenvalue weighted by atomic mass is 16.5. The van der Waals surface area contributed by atoms with Crippen LogP contribution in [0.2, 0.25) is 0 Å². The second-order valence-electron chi connectivity index (χ2n) is 11.9.